The van der Waals surface area contributed by atoms with E-state index in [2.05, 4.69) is 32.0 Å². The molecule has 0 spiro atoms. The lowest BCUT2D eigenvalue weighted by Gasteiger charge is -2.26. The van der Waals surface area contributed by atoms with Crippen molar-refractivity contribution in [2.24, 2.45) is 5.10 Å². The standard InChI is InChI=1S/C25H31N3O3/c1-5-24(29)27(13-14-31-4)17-25(30)28-23(20-9-7-6-8-10-20)16-22(26-28)21-12-11-18(2)19(3)15-21/h6-12,15,23H,5,13-14,16-17H2,1-4H3. The Bertz CT molecular complexity index is 956. The van der Waals surface area contributed by atoms with Gasteiger partial charge < -0.3 is 9.64 Å². The second kappa shape index (κ2) is 10.4. The molecule has 1 aliphatic heterocycles. The molecular formula is C25H31N3O3. The molecule has 2 aromatic carbocycles. The van der Waals surface area contributed by atoms with Crippen molar-refractivity contribution in [1.29, 1.82) is 0 Å². The largest absolute Gasteiger partial charge is 0.383 e. The molecule has 2 aromatic rings. The van der Waals surface area contributed by atoms with Crippen LogP contribution in [0.25, 0.3) is 0 Å². The van der Waals surface area contributed by atoms with Crippen LogP contribution in [0.1, 0.15) is 48.1 Å². The maximum absolute atomic E-state index is 13.3. The molecule has 1 unspecified atom stereocenters. The molecule has 1 aliphatic rings. The summed E-state index contributed by atoms with van der Waals surface area (Å²) in [4.78, 5) is 27.2. The van der Waals surface area contributed by atoms with Crippen LogP contribution in [0, 0.1) is 13.8 Å². The van der Waals surface area contributed by atoms with Gasteiger partial charge >= 0.3 is 0 Å². The minimum atomic E-state index is -0.189. The molecule has 0 bridgehead atoms. The van der Waals surface area contributed by atoms with Crippen molar-refractivity contribution in [2.45, 2.75) is 39.7 Å². The van der Waals surface area contributed by atoms with Crippen LogP contribution in [0.3, 0.4) is 0 Å². The average Bonchev–Trinajstić information content (AvgIpc) is 3.24. The van der Waals surface area contributed by atoms with Gasteiger partial charge in [-0.25, -0.2) is 5.01 Å². The smallest absolute Gasteiger partial charge is 0.262 e. The number of methoxy groups -OCH3 is 1. The molecule has 0 saturated heterocycles. The maximum Gasteiger partial charge on any atom is 0.262 e. The number of hydrogen-bond donors (Lipinski definition) is 0. The fraction of sp³-hybridized carbons (Fsp3) is 0.400. The van der Waals surface area contributed by atoms with E-state index in [-0.39, 0.29) is 24.4 Å². The number of aryl methyl sites for hydroxylation is 2. The summed E-state index contributed by atoms with van der Waals surface area (Å²) in [7, 11) is 1.59. The second-order valence-electron chi connectivity index (χ2n) is 7.88. The molecule has 0 N–H and O–H groups in total. The van der Waals surface area contributed by atoms with Crippen LogP contribution in [0.15, 0.2) is 53.6 Å². The van der Waals surface area contributed by atoms with Crippen LogP contribution >= 0.6 is 0 Å². The highest BCUT2D eigenvalue weighted by Gasteiger charge is 2.34. The predicted molar refractivity (Wildman–Crippen MR) is 122 cm³/mol. The third kappa shape index (κ3) is 5.39. The van der Waals surface area contributed by atoms with E-state index in [0.717, 1.165) is 16.8 Å². The molecule has 1 heterocycles. The molecule has 164 valence electrons. The van der Waals surface area contributed by atoms with E-state index in [1.165, 1.54) is 11.1 Å². The van der Waals surface area contributed by atoms with Crippen LogP contribution < -0.4 is 0 Å². The van der Waals surface area contributed by atoms with E-state index >= 15 is 0 Å². The van der Waals surface area contributed by atoms with Gasteiger partial charge in [-0.15, -0.1) is 0 Å². The van der Waals surface area contributed by atoms with Crippen molar-refractivity contribution in [3.63, 3.8) is 0 Å². The van der Waals surface area contributed by atoms with Gasteiger partial charge in [0.05, 0.1) is 18.4 Å². The number of carbonyl (C=O) groups excluding carboxylic acids is 2. The number of amides is 2. The predicted octanol–water partition coefficient (Wildman–Crippen LogP) is 3.87. The summed E-state index contributed by atoms with van der Waals surface area (Å²) in [5.41, 5.74) is 5.36. The minimum absolute atomic E-state index is 0.0108. The van der Waals surface area contributed by atoms with Crippen LogP contribution in [0.2, 0.25) is 0 Å². The van der Waals surface area contributed by atoms with Gasteiger partial charge in [-0.1, -0.05) is 49.4 Å². The molecule has 0 saturated carbocycles. The molecular weight excluding hydrogens is 390 g/mol. The Kier molecular flexibility index (Phi) is 7.58. The molecule has 6 heteroatoms. The minimum Gasteiger partial charge on any atom is -0.383 e. The molecule has 6 nitrogen and oxygen atoms in total. The fourth-order valence-electron chi connectivity index (χ4n) is 3.72. The Labute approximate surface area is 184 Å². The zero-order chi connectivity index (χ0) is 22.4. The van der Waals surface area contributed by atoms with Gasteiger partial charge in [0, 0.05) is 26.5 Å². The average molecular weight is 422 g/mol. The Morgan fingerprint density at radius 2 is 1.87 bits per heavy atom. The topological polar surface area (TPSA) is 62.2 Å². The number of nitrogens with zero attached hydrogens (tertiary/aromatic N) is 3. The second-order valence-corrected chi connectivity index (χ2v) is 7.88. The van der Waals surface area contributed by atoms with Crippen molar-refractivity contribution in [3.8, 4) is 0 Å². The van der Waals surface area contributed by atoms with Crippen LogP contribution in [-0.2, 0) is 14.3 Å². The van der Waals surface area contributed by atoms with Crippen LogP contribution in [0.5, 0.6) is 0 Å². The highest BCUT2D eigenvalue weighted by Crippen LogP contribution is 2.33. The van der Waals surface area contributed by atoms with Gasteiger partial charge in [-0.05, 0) is 42.2 Å². The first-order chi connectivity index (χ1) is 14.9. The first-order valence-electron chi connectivity index (χ1n) is 10.7. The van der Waals surface area contributed by atoms with E-state index in [0.29, 0.717) is 26.0 Å². The van der Waals surface area contributed by atoms with E-state index in [4.69, 9.17) is 9.84 Å². The molecule has 0 radical (unpaired) electrons. The van der Waals surface area contributed by atoms with E-state index in [9.17, 15) is 9.59 Å². The third-order valence-corrected chi connectivity index (χ3v) is 5.74. The quantitative estimate of drug-likeness (QED) is 0.650. The highest BCUT2D eigenvalue weighted by atomic mass is 16.5. The molecule has 31 heavy (non-hydrogen) atoms. The summed E-state index contributed by atoms with van der Waals surface area (Å²) in [5, 5.41) is 6.29. The Hall–Kier alpha value is -2.99. The van der Waals surface area contributed by atoms with Gasteiger partial charge in [0.1, 0.15) is 6.54 Å². The lowest BCUT2D eigenvalue weighted by atomic mass is 9.96. The van der Waals surface area contributed by atoms with Crippen LogP contribution in [-0.4, -0.2) is 54.2 Å². The maximum atomic E-state index is 13.3. The van der Waals surface area contributed by atoms with Crippen molar-refractivity contribution < 1.29 is 14.3 Å². The summed E-state index contributed by atoms with van der Waals surface area (Å²) >= 11 is 0. The number of benzene rings is 2. The molecule has 0 aliphatic carbocycles. The summed E-state index contributed by atoms with van der Waals surface area (Å²) in [6, 6.07) is 16.0. The normalized spacial score (nSPS) is 15.7. The lowest BCUT2D eigenvalue weighted by Crippen LogP contribution is -2.42. The van der Waals surface area contributed by atoms with Gasteiger partial charge in [0.25, 0.3) is 5.91 Å². The van der Waals surface area contributed by atoms with Gasteiger partial charge in [-0.2, -0.15) is 5.10 Å². The first kappa shape index (κ1) is 22.7. The highest BCUT2D eigenvalue weighted by molar-refractivity contribution is 6.03. The summed E-state index contributed by atoms with van der Waals surface area (Å²) in [5.74, 6) is -0.259. The number of hydrazone groups is 1. The molecule has 2 amide bonds. The lowest BCUT2D eigenvalue weighted by molar-refractivity contribution is -0.141. The van der Waals surface area contributed by atoms with Gasteiger partial charge in [0.15, 0.2) is 0 Å². The molecule has 0 aromatic heterocycles. The van der Waals surface area contributed by atoms with Crippen molar-refractivity contribution in [3.05, 3.63) is 70.8 Å². The SMILES string of the molecule is CCC(=O)N(CCOC)CC(=O)N1N=C(c2ccc(C)c(C)c2)CC1c1ccccc1. The van der Waals surface area contributed by atoms with Gasteiger partial charge in [0.2, 0.25) is 5.91 Å². The number of rotatable bonds is 8. The van der Waals surface area contributed by atoms with E-state index in [1.807, 2.05) is 30.3 Å². The van der Waals surface area contributed by atoms with Gasteiger partial charge in [-0.3, -0.25) is 9.59 Å². The Balaban J connectivity index is 1.89. The molecule has 1 atom stereocenters. The Morgan fingerprint density at radius 3 is 2.52 bits per heavy atom. The zero-order valence-electron chi connectivity index (χ0n) is 18.8. The first-order valence-corrected chi connectivity index (χ1v) is 10.7. The van der Waals surface area contributed by atoms with Crippen molar-refractivity contribution >= 4 is 17.5 Å². The monoisotopic (exact) mass is 421 g/mol. The zero-order valence-corrected chi connectivity index (χ0v) is 18.8. The summed E-state index contributed by atoms with van der Waals surface area (Å²) < 4.78 is 5.11. The van der Waals surface area contributed by atoms with Crippen LogP contribution in [0.4, 0.5) is 0 Å². The summed E-state index contributed by atoms with van der Waals surface area (Å²) in [6.45, 7) is 6.71. The number of hydrogen-bond acceptors (Lipinski definition) is 4. The van der Waals surface area contributed by atoms with E-state index < -0.39 is 0 Å². The van der Waals surface area contributed by atoms with Crippen molar-refractivity contribution in [1.82, 2.24) is 9.91 Å². The van der Waals surface area contributed by atoms with E-state index in [1.54, 1.807) is 23.9 Å². The summed E-state index contributed by atoms with van der Waals surface area (Å²) in [6.07, 6.45) is 0.980. The molecule has 0 fully saturated rings. The fourth-order valence-corrected chi connectivity index (χ4v) is 3.72. The number of ether oxygens (including phenoxy) is 1. The Morgan fingerprint density at radius 1 is 1.13 bits per heavy atom. The number of carbonyl (C=O) groups is 2. The third-order valence-electron chi connectivity index (χ3n) is 5.74. The van der Waals surface area contributed by atoms with Crippen molar-refractivity contribution in [2.75, 3.05) is 26.8 Å². The molecule has 3 rings (SSSR count).